The fourth-order valence-electron chi connectivity index (χ4n) is 2.95. The normalized spacial score (nSPS) is 10.6. The molecule has 0 bridgehead atoms. The van der Waals surface area contributed by atoms with Crippen LogP contribution in [0.3, 0.4) is 0 Å². The number of nitrogens with zero attached hydrogens (tertiary/aromatic N) is 1. The maximum atomic E-state index is 12.6. The summed E-state index contributed by atoms with van der Waals surface area (Å²) in [6.07, 6.45) is 3.16. The summed E-state index contributed by atoms with van der Waals surface area (Å²) in [5.41, 5.74) is 2.21. The van der Waals surface area contributed by atoms with E-state index in [0.29, 0.717) is 27.8 Å². The molecule has 0 spiro atoms. The first kappa shape index (κ1) is 19.5. The molecule has 0 fully saturated rings. The van der Waals surface area contributed by atoms with Crippen molar-refractivity contribution >= 4 is 40.0 Å². The number of amides is 2. The molecule has 0 aliphatic heterocycles. The molecule has 8 heteroatoms. The highest BCUT2D eigenvalue weighted by Gasteiger charge is 2.13. The van der Waals surface area contributed by atoms with Crippen molar-refractivity contribution in [2.75, 3.05) is 12.4 Å². The van der Waals surface area contributed by atoms with Gasteiger partial charge in [0, 0.05) is 47.1 Å². The van der Waals surface area contributed by atoms with E-state index in [0.717, 1.165) is 10.9 Å². The van der Waals surface area contributed by atoms with Gasteiger partial charge in [0.1, 0.15) is 17.2 Å². The van der Waals surface area contributed by atoms with E-state index in [1.54, 1.807) is 54.7 Å². The molecule has 4 aromatic rings. The Balaban J connectivity index is 1.46. The number of anilines is 1. The smallest absolute Gasteiger partial charge is 0.269 e. The molecule has 7 nitrogen and oxygen atoms in total. The van der Waals surface area contributed by atoms with E-state index in [-0.39, 0.29) is 17.5 Å². The van der Waals surface area contributed by atoms with Crippen LogP contribution in [0.1, 0.15) is 20.8 Å². The minimum Gasteiger partial charge on any atom is -0.457 e. The van der Waals surface area contributed by atoms with Gasteiger partial charge in [0.25, 0.3) is 11.8 Å². The number of hydrogen-bond donors (Lipinski definition) is 3. The standard InChI is InChI=1S/C22H17ClN4O3/c1-24-22(29)20-11-16(8-9-25-20)30-15-5-3-14(4-6-15)27-21(28)18-12-26-19-10-13(23)2-7-17(18)19/h2-12,26H,1H3,(H,24,29)(H,27,28). The maximum absolute atomic E-state index is 12.6. The van der Waals surface area contributed by atoms with Crippen molar-refractivity contribution < 1.29 is 14.3 Å². The van der Waals surface area contributed by atoms with E-state index in [1.165, 1.54) is 13.2 Å². The topological polar surface area (TPSA) is 96.1 Å². The number of aromatic nitrogens is 2. The second kappa shape index (κ2) is 8.26. The van der Waals surface area contributed by atoms with Gasteiger partial charge >= 0.3 is 0 Å². The van der Waals surface area contributed by atoms with E-state index < -0.39 is 0 Å². The molecule has 30 heavy (non-hydrogen) atoms. The number of fused-ring (bicyclic) bond motifs is 1. The highest BCUT2D eigenvalue weighted by atomic mass is 35.5. The average molecular weight is 421 g/mol. The summed E-state index contributed by atoms with van der Waals surface area (Å²) in [7, 11) is 1.54. The van der Waals surface area contributed by atoms with Gasteiger partial charge < -0.3 is 20.4 Å². The number of H-pyrrole nitrogens is 1. The second-order valence-corrected chi connectivity index (χ2v) is 6.87. The number of aromatic amines is 1. The zero-order chi connectivity index (χ0) is 21.1. The first-order valence-corrected chi connectivity index (χ1v) is 9.45. The molecule has 0 atom stereocenters. The van der Waals surface area contributed by atoms with Crippen LogP contribution in [0.15, 0.2) is 67.0 Å². The number of benzene rings is 2. The molecule has 2 aromatic carbocycles. The Hall–Kier alpha value is -3.84. The van der Waals surface area contributed by atoms with Crippen LogP contribution in [0.25, 0.3) is 10.9 Å². The largest absolute Gasteiger partial charge is 0.457 e. The van der Waals surface area contributed by atoms with Crippen molar-refractivity contribution in [2.24, 2.45) is 0 Å². The molecule has 4 rings (SSSR count). The van der Waals surface area contributed by atoms with Gasteiger partial charge in [0.2, 0.25) is 0 Å². The molecule has 2 amide bonds. The predicted molar refractivity (Wildman–Crippen MR) is 115 cm³/mol. The number of halogens is 1. The lowest BCUT2D eigenvalue weighted by atomic mass is 10.1. The molecule has 0 aliphatic rings. The van der Waals surface area contributed by atoms with Crippen LogP contribution in [0.5, 0.6) is 11.5 Å². The van der Waals surface area contributed by atoms with Crippen molar-refractivity contribution in [3.63, 3.8) is 0 Å². The predicted octanol–water partition coefficient (Wildman–Crippen LogP) is 4.62. The lowest BCUT2D eigenvalue weighted by Gasteiger charge is -2.09. The van der Waals surface area contributed by atoms with Crippen molar-refractivity contribution in [2.45, 2.75) is 0 Å². The highest BCUT2D eigenvalue weighted by Crippen LogP contribution is 2.25. The van der Waals surface area contributed by atoms with Gasteiger partial charge in [-0.3, -0.25) is 14.6 Å². The summed E-state index contributed by atoms with van der Waals surface area (Å²) < 4.78 is 5.76. The van der Waals surface area contributed by atoms with Crippen molar-refractivity contribution in [1.82, 2.24) is 15.3 Å². The molecule has 0 aliphatic carbocycles. The van der Waals surface area contributed by atoms with Crippen molar-refractivity contribution in [3.8, 4) is 11.5 Å². The molecule has 0 unspecified atom stereocenters. The molecule has 0 saturated heterocycles. The fraction of sp³-hybridized carbons (Fsp3) is 0.0455. The highest BCUT2D eigenvalue weighted by molar-refractivity contribution is 6.31. The first-order chi connectivity index (χ1) is 14.5. The SMILES string of the molecule is CNC(=O)c1cc(Oc2ccc(NC(=O)c3c[nH]c4cc(Cl)ccc34)cc2)ccn1. The minimum absolute atomic E-state index is 0.235. The number of carbonyl (C=O) groups excluding carboxylic acids is 2. The average Bonchev–Trinajstić information content (AvgIpc) is 3.18. The molecule has 2 heterocycles. The van der Waals surface area contributed by atoms with E-state index >= 15 is 0 Å². The Labute approximate surface area is 177 Å². The summed E-state index contributed by atoms with van der Waals surface area (Å²) in [5, 5.41) is 6.77. The monoisotopic (exact) mass is 420 g/mol. The van der Waals surface area contributed by atoms with Gasteiger partial charge in [-0.15, -0.1) is 0 Å². The molecule has 3 N–H and O–H groups in total. The van der Waals surface area contributed by atoms with Gasteiger partial charge in [-0.25, -0.2) is 0 Å². The first-order valence-electron chi connectivity index (χ1n) is 9.07. The molecule has 0 radical (unpaired) electrons. The number of pyridine rings is 1. The van der Waals surface area contributed by atoms with Crippen LogP contribution in [0, 0.1) is 0 Å². The van der Waals surface area contributed by atoms with Crippen molar-refractivity contribution in [3.05, 3.63) is 83.3 Å². The summed E-state index contributed by atoms with van der Waals surface area (Å²) in [5.74, 6) is 0.515. The third-order valence-electron chi connectivity index (χ3n) is 4.43. The maximum Gasteiger partial charge on any atom is 0.269 e. The van der Waals surface area contributed by atoms with Gasteiger partial charge in [-0.2, -0.15) is 0 Å². The zero-order valence-electron chi connectivity index (χ0n) is 15.9. The summed E-state index contributed by atoms with van der Waals surface area (Å²) >= 11 is 5.99. The Morgan fingerprint density at radius 2 is 1.80 bits per heavy atom. The van der Waals surface area contributed by atoms with Gasteiger partial charge in [0.05, 0.1) is 5.56 Å². The molecular weight excluding hydrogens is 404 g/mol. The lowest BCUT2D eigenvalue weighted by Crippen LogP contribution is -2.18. The van der Waals surface area contributed by atoms with Crippen LogP contribution >= 0.6 is 11.6 Å². The number of carbonyl (C=O) groups is 2. The summed E-state index contributed by atoms with van der Waals surface area (Å²) in [4.78, 5) is 31.4. The van der Waals surface area contributed by atoms with Gasteiger partial charge in [-0.1, -0.05) is 17.7 Å². The summed E-state index contributed by atoms with van der Waals surface area (Å²) in [6.45, 7) is 0. The molecule has 2 aromatic heterocycles. The van der Waals surface area contributed by atoms with E-state index in [2.05, 4.69) is 20.6 Å². The third-order valence-corrected chi connectivity index (χ3v) is 4.66. The van der Waals surface area contributed by atoms with E-state index in [9.17, 15) is 9.59 Å². The Morgan fingerprint density at radius 1 is 1.00 bits per heavy atom. The van der Waals surface area contributed by atoms with Crippen LogP contribution < -0.4 is 15.4 Å². The van der Waals surface area contributed by atoms with Crippen molar-refractivity contribution in [1.29, 1.82) is 0 Å². The Kier molecular flexibility index (Phi) is 5.36. The fourth-order valence-corrected chi connectivity index (χ4v) is 3.13. The van der Waals surface area contributed by atoms with Crippen LogP contribution in [0.4, 0.5) is 5.69 Å². The van der Waals surface area contributed by atoms with Crippen LogP contribution in [0.2, 0.25) is 5.02 Å². The minimum atomic E-state index is -0.293. The number of ether oxygens (including phenoxy) is 1. The molecule has 0 saturated carbocycles. The molecular formula is C22H17ClN4O3. The van der Waals surface area contributed by atoms with E-state index in [1.807, 2.05) is 6.07 Å². The Morgan fingerprint density at radius 3 is 2.57 bits per heavy atom. The van der Waals surface area contributed by atoms with Gasteiger partial charge in [-0.05, 0) is 42.5 Å². The Bertz CT molecular complexity index is 1230. The third kappa shape index (κ3) is 4.11. The van der Waals surface area contributed by atoms with Gasteiger partial charge in [0.15, 0.2) is 0 Å². The zero-order valence-corrected chi connectivity index (χ0v) is 16.7. The number of nitrogens with one attached hydrogen (secondary N) is 3. The van der Waals surface area contributed by atoms with E-state index in [4.69, 9.17) is 16.3 Å². The second-order valence-electron chi connectivity index (χ2n) is 6.43. The van der Waals surface area contributed by atoms with Crippen LogP contribution in [-0.2, 0) is 0 Å². The summed E-state index contributed by atoms with van der Waals surface area (Å²) in [6, 6.07) is 15.5. The molecule has 150 valence electrons. The number of rotatable bonds is 5. The van der Waals surface area contributed by atoms with Crippen LogP contribution in [-0.4, -0.2) is 28.8 Å². The quantitative estimate of drug-likeness (QED) is 0.439. The number of hydrogen-bond acceptors (Lipinski definition) is 4. The lowest BCUT2D eigenvalue weighted by molar-refractivity contribution is 0.0957.